The van der Waals surface area contributed by atoms with Gasteiger partial charge in [-0.3, -0.25) is 24.1 Å². The smallest absolute Gasteiger partial charge is 0.305 e. The zero-order valence-corrected chi connectivity index (χ0v) is 11.7. The second-order valence-corrected chi connectivity index (χ2v) is 5.73. The van der Waals surface area contributed by atoms with Gasteiger partial charge in [-0.1, -0.05) is 23.1 Å². The number of nitrogens with zero attached hydrogens (tertiary/aromatic N) is 1. The summed E-state index contributed by atoms with van der Waals surface area (Å²) in [5.74, 6) is -0.468. The fourth-order valence-corrected chi connectivity index (χ4v) is 3.09. The zero-order valence-electron chi connectivity index (χ0n) is 10.0. The second-order valence-electron chi connectivity index (χ2n) is 3.82. The van der Waals surface area contributed by atoms with E-state index in [0.717, 1.165) is 28.0 Å². The molecule has 19 heavy (non-hydrogen) atoms. The molecule has 0 radical (unpaired) electrons. The first-order chi connectivity index (χ1) is 8.99. The Morgan fingerprint density at radius 2 is 2.16 bits per heavy atom. The molecule has 2 N–H and O–H groups in total. The fraction of sp³-hybridized carbons (Fsp3) is 0.400. The molecule has 1 fully saturated rings. The molecule has 0 spiro atoms. The fourth-order valence-electron chi connectivity index (χ4n) is 1.58. The van der Waals surface area contributed by atoms with Gasteiger partial charge in [0.05, 0.1) is 5.75 Å². The number of aromatic nitrogens is 1. The van der Waals surface area contributed by atoms with Gasteiger partial charge in [0, 0.05) is 18.8 Å². The van der Waals surface area contributed by atoms with Gasteiger partial charge in [0.2, 0.25) is 5.91 Å². The molecular weight excluding hydrogens is 290 g/mol. The average molecular weight is 301 g/mol. The number of hydrogen-bond acceptors (Lipinski definition) is 6. The molecule has 1 aromatic heterocycles. The standard InChI is InChI=1S/C10H11N3O4S2/c1-5-7(19-9(16)12-5)8(15)11-2-3-13-6(14)4-18-10(13)17/h2-4H2,1H3,(H,11,15)(H,12,16). The number of carbonyl (C=O) groups is 3. The van der Waals surface area contributed by atoms with Crippen LogP contribution < -0.4 is 10.2 Å². The SMILES string of the molecule is Cc1[nH]c(=O)sc1C(=O)NCCN1C(=O)CSC1=O. The van der Waals surface area contributed by atoms with Crippen molar-refractivity contribution in [2.75, 3.05) is 18.8 Å². The number of hydrogen-bond donors (Lipinski definition) is 2. The molecular formula is C10H11N3O4S2. The van der Waals surface area contributed by atoms with Gasteiger partial charge < -0.3 is 10.3 Å². The van der Waals surface area contributed by atoms with Crippen LogP contribution in [0.1, 0.15) is 15.4 Å². The highest BCUT2D eigenvalue weighted by molar-refractivity contribution is 8.14. The van der Waals surface area contributed by atoms with E-state index in [1.807, 2.05) is 0 Å². The molecule has 0 aromatic carbocycles. The molecule has 1 aromatic rings. The van der Waals surface area contributed by atoms with E-state index >= 15 is 0 Å². The van der Waals surface area contributed by atoms with E-state index in [1.165, 1.54) is 0 Å². The third kappa shape index (κ3) is 3.04. The van der Waals surface area contributed by atoms with E-state index < -0.39 is 0 Å². The maximum atomic E-state index is 11.8. The predicted octanol–water partition coefficient (Wildman–Crippen LogP) is 0.170. The van der Waals surface area contributed by atoms with Crippen LogP contribution in [0.3, 0.4) is 0 Å². The zero-order chi connectivity index (χ0) is 14.0. The number of thioether (sulfide) groups is 1. The quantitative estimate of drug-likeness (QED) is 0.826. The van der Waals surface area contributed by atoms with Crippen LogP contribution in [-0.4, -0.2) is 45.8 Å². The third-order valence-electron chi connectivity index (χ3n) is 2.49. The third-order valence-corrected chi connectivity index (χ3v) is 4.33. The van der Waals surface area contributed by atoms with Crippen molar-refractivity contribution in [1.29, 1.82) is 0 Å². The number of rotatable bonds is 4. The number of thiazole rings is 1. The highest BCUT2D eigenvalue weighted by Gasteiger charge is 2.29. The molecule has 102 valence electrons. The maximum Gasteiger partial charge on any atom is 0.305 e. The van der Waals surface area contributed by atoms with Gasteiger partial charge >= 0.3 is 4.87 Å². The number of H-pyrrole nitrogens is 1. The van der Waals surface area contributed by atoms with Gasteiger partial charge in [-0.05, 0) is 6.92 Å². The van der Waals surface area contributed by atoms with E-state index in [2.05, 4.69) is 10.3 Å². The normalized spacial score (nSPS) is 15.1. The Bertz CT molecular complexity index is 576. The highest BCUT2D eigenvalue weighted by Crippen LogP contribution is 2.17. The number of amides is 3. The summed E-state index contributed by atoms with van der Waals surface area (Å²) in [4.78, 5) is 49.1. The minimum Gasteiger partial charge on any atom is -0.349 e. The molecule has 1 aliphatic heterocycles. The first-order valence-corrected chi connectivity index (χ1v) is 7.24. The molecule has 1 saturated heterocycles. The van der Waals surface area contributed by atoms with Crippen LogP contribution >= 0.6 is 23.1 Å². The number of nitrogens with one attached hydrogen (secondary N) is 2. The summed E-state index contributed by atoms with van der Waals surface area (Å²) < 4.78 is 0. The number of aryl methyl sites for hydroxylation is 1. The number of aromatic amines is 1. The molecule has 0 unspecified atom stereocenters. The summed E-state index contributed by atoms with van der Waals surface area (Å²) in [7, 11) is 0. The van der Waals surface area contributed by atoms with E-state index in [0.29, 0.717) is 10.6 Å². The van der Waals surface area contributed by atoms with Crippen LogP contribution in [0.5, 0.6) is 0 Å². The van der Waals surface area contributed by atoms with Gasteiger partial charge in [-0.15, -0.1) is 0 Å². The second kappa shape index (κ2) is 5.57. The van der Waals surface area contributed by atoms with Crippen molar-refractivity contribution in [2.45, 2.75) is 6.92 Å². The first kappa shape index (κ1) is 13.8. The van der Waals surface area contributed by atoms with Crippen LogP contribution in [0.25, 0.3) is 0 Å². The summed E-state index contributed by atoms with van der Waals surface area (Å²) in [5.41, 5.74) is 0.511. The van der Waals surface area contributed by atoms with Crippen LogP contribution in [-0.2, 0) is 4.79 Å². The minimum absolute atomic E-state index is 0.148. The van der Waals surface area contributed by atoms with Crippen LogP contribution in [0, 0.1) is 6.92 Å². The Kier molecular flexibility index (Phi) is 4.05. The average Bonchev–Trinajstić information content (AvgIpc) is 2.84. The van der Waals surface area contributed by atoms with Crippen molar-refractivity contribution in [3.63, 3.8) is 0 Å². The Hall–Kier alpha value is -1.61. The molecule has 0 bridgehead atoms. The van der Waals surface area contributed by atoms with Gasteiger partial charge in [0.25, 0.3) is 11.1 Å². The van der Waals surface area contributed by atoms with E-state index in [1.54, 1.807) is 6.92 Å². The van der Waals surface area contributed by atoms with Crippen molar-refractivity contribution >= 4 is 40.2 Å². The molecule has 7 nitrogen and oxygen atoms in total. The maximum absolute atomic E-state index is 11.8. The molecule has 0 saturated carbocycles. The molecule has 0 aliphatic carbocycles. The van der Waals surface area contributed by atoms with Crippen molar-refractivity contribution < 1.29 is 14.4 Å². The van der Waals surface area contributed by atoms with E-state index in [4.69, 9.17) is 0 Å². The summed E-state index contributed by atoms with van der Waals surface area (Å²) >= 11 is 1.79. The lowest BCUT2D eigenvalue weighted by Crippen LogP contribution is -2.37. The monoisotopic (exact) mass is 301 g/mol. The lowest BCUT2D eigenvalue weighted by atomic mass is 10.3. The van der Waals surface area contributed by atoms with E-state index in [-0.39, 0.29) is 40.8 Å². The molecule has 1 aliphatic rings. The van der Waals surface area contributed by atoms with Crippen molar-refractivity contribution in [1.82, 2.24) is 15.2 Å². The summed E-state index contributed by atoms with van der Waals surface area (Å²) in [5, 5.41) is 2.29. The van der Waals surface area contributed by atoms with Gasteiger partial charge in [-0.25, -0.2) is 0 Å². The first-order valence-electron chi connectivity index (χ1n) is 5.44. The summed E-state index contributed by atoms with van der Waals surface area (Å²) in [6.07, 6.45) is 0. The van der Waals surface area contributed by atoms with Crippen LogP contribution in [0.2, 0.25) is 0 Å². The highest BCUT2D eigenvalue weighted by atomic mass is 32.2. The lowest BCUT2D eigenvalue weighted by molar-refractivity contribution is -0.124. The summed E-state index contributed by atoms with van der Waals surface area (Å²) in [6, 6.07) is 0. The molecule has 2 rings (SSSR count). The molecule has 2 heterocycles. The Morgan fingerprint density at radius 1 is 1.42 bits per heavy atom. The van der Waals surface area contributed by atoms with Gasteiger partial charge in [0.1, 0.15) is 4.88 Å². The van der Waals surface area contributed by atoms with Crippen LogP contribution in [0.4, 0.5) is 4.79 Å². The minimum atomic E-state index is -0.382. The number of carbonyl (C=O) groups excluding carboxylic acids is 3. The van der Waals surface area contributed by atoms with E-state index in [9.17, 15) is 19.2 Å². The molecule has 0 atom stereocenters. The largest absolute Gasteiger partial charge is 0.349 e. The van der Waals surface area contributed by atoms with Gasteiger partial charge in [-0.2, -0.15) is 0 Å². The van der Waals surface area contributed by atoms with Crippen molar-refractivity contribution in [3.05, 3.63) is 20.2 Å². The van der Waals surface area contributed by atoms with Crippen LogP contribution in [0.15, 0.2) is 4.79 Å². The molecule has 9 heteroatoms. The lowest BCUT2D eigenvalue weighted by Gasteiger charge is -2.12. The topological polar surface area (TPSA) is 99.3 Å². The Balaban J connectivity index is 1.88. The van der Waals surface area contributed by atoms with Crippen molar-refractivity contribution in [3.8, 4) is 0 Å². The summed E-state index contributed by atoms with van der Waals surface area (Å²) in [6.45, 7) is 1.95. The molecule has 3 amide bonds. The van der Waals surface area contributed by atoms with Gasteiger partial charge in [0.15, 0.2) is 0 Å². The predicted molar refractivity (Wildman–Crippen MR) is 71.6 cm³/mol. The Labute approximate surface area is 116 Å². The number of imide groups is 1. The Morgan fingerprint density at radius 3 is 2.68 bits per heavy atom. The van der Waals surface area contributed by atoms with Crippen molar-refractivity contribution in [2.24, 2.45) is 0 Å².